The van der Waals surface area contributed by atoms with E-state index in [0.717, 1.165) is 22.3 Å². The van der Waals surface area contributed by atoms with E-state index in [4.69, 9.17) is 4.74 Å². The Hall–Kier alpha value is -2.39. The summed E-state index contributed by atoms with van der Waals surface area (Å²) in [5, 5.41) is 0.709. The summed E-state index contributed by atoms with van der Waals surface area (Å²) in [6.45, 7) is 0. The highest BCUT2D eigenvalue weighted by atomic mass is 16.5. The minimum atomic E-state index is -0.283. The third-order valence-corrected chi connectivity index (χ3v) is 3.96. The van der Waals surface area contributed by atoms with Crippen molar-refractivity contribution in [1.29, 1.82) is 0 Å². The number of pyridine rings is 1. The number of methoxy groups -OCH3 is 1. The van der Waals surface area contributed by atoms with E-state index < -0.39 is 0 Å². The highest BCUT2D eigenvalue weighted by Crippen LogP contribution is 2.42. The lowest BCUT2D eigenvalue weighted by Gasteiger charge is -2.10. The topological polar surface area (TPSA) is 42.1 Å². The molecule has 2 aromatic carbocycles. The maximum Gasteiger partial charge on any atom is 0.196 e. The van der Waals surface area contributed by atoms with E-state index in [2.05, 4.69) is 4.98 Å². The van der Waals surface area contributed by atoms with Crippen LogP contribution >= 0.6 is 0 Å². The van der Waals surface area contributed by atoms with Gasteiger partial charge in [-0.15, -0.1) is 0 Å². The van der Waals surface area contributed by atoms with Crippen molar-refractivity contribution in [3.8, 4) is 11.3 Å². The van der Waals surface area contributed by atoms with Gasteiger partial charge in [0.1, 0.15) is 6.10 Å². The van der Waals surface area contributed by atoms with Crippen LogP contribution in [0.4, 0.5) is 0 Å². The SMILES string of the molecule is COC1c2ccccc2-c2[nH]c3ccccc3c(=O)c21. The van der Waals surface area contributed by atoms with Crippen LogP contribution in [0.2, 0.25) is 0 Å². The zero-order chi connectivity index (χ0) is 13.7. The van der Waals surface area contributed by atoms with Crippen molar-refractivity contribution < 1.29 is 4.74 Å². The van der Waals surface area contributed by atoms with Crippen LogP contribution in [0.15, 0.2) is 53.3 Å². The van der Waals surface area contributed by atoms with Crippen LogP contribution in [0, 0.1) is 0 Å². The molecule has 3 nitrogen and oxygen atoms in total. The van der Waals surface area contributed by atoms with Gasteiger partial charge in [0, 0.05) is 23.6 Å². The molecule has 4 rings (SSSR count). The Labute approximate surface area is 115 Å². The molecule has 1 unspecified atom stereocenters. The van der Waals surface area contributed by atoms with Gasteiger partial charge in [0.25, 0.3) is 0 Å². The first-order chi connectivity index (χ1) is 9.81. The molecule has 98 valence electrons. The zero-order valence-electron chi connectivity index (χ0n) is 11.0. The molecule has 0 spiro atoms. The lowest BCUT2D eigenvalue weighted by Crippen LogP contribution is -2.14. The van der Waals surface area contributed by atoms with E-state index in [-0.39, 0.29) is 11.5 Å². The fourth-order valence-electron chi connectivity index (χ4n) is 3.07. The molecule has 1 aromatic heterocycles. The molecule has 20 heavy (non-hydrogen) atoms. The predicted molar refractivity (Wildman–Crippen MR) is 78.9 cm³/mol. The van der Waals surface area contributed by atoms with Gasteiger partial charge in [-0.3, -0.25) is 4.79 Å². The Balaban J connectivity index is 2.17. The second kappa shape index (κ2) is 4.05. The Bertz CT molecular complexity index is 880. The number of hydrogen-bond acceptors (Lipinski definition) is 2. The Morgan fingerprint density at radius 1 is 1.05 bits per heavy atom. The van der Waals surface area contributed by atoms with Gasteiger partial charge in [-0.1, -0.05) is 36.4 Å². The van der Waals surface area contributed by atoms with Crippen molar-refractivity contribution in [3.63, 3.8) is 0 Å². The fourth-order valence-corrected chi connectivity index (χ4v) is 3.07. The molecular formula is C17H13NO2. The Morgan fingerprint density at radius 3 is 2.65 bits per heavy atom. The summed E-state index contributed by atoms with van der Waals surface area (Å²) in [6, 6.07) is 15.6. The van der Waals surface area contributed by atoms with Gasteiger partial charge < -0.3 is 9.72 Å². The average molecular weight is 263 g/mol. The molecule has 0 aliphatic heterocycles. The maximum absolute atomic E-state index is 12.8. The number of aromatic nitrogens is 1. The zero-order valence-corrected chi connectivity index (χ0v) is 11.0. The van der Waals surface area contributed by atoms with Crippen molar-refractivity contribution in [2.24, 2.45) is 0 Å². The molecule has 1 aliphatic carbocycles. The molecule has 0 bridgehead atoms. The summed E-state index contributed by atoms with van der Waals surface area (Å²) in [7, 11) is 1.64. The number of benzene rings is 2. The number of nitrogens with one attached hydrogen (secondary N) is 1. The van der Waals surface area contributed by atoms with E-state index in [1.54, 1.807) is 7.11 Å². The summed E-state index contributed by atoms with van der Waals surface area (Å²) in [6.07, 6.45) is -0.283. The number of hydrogen-bond donors (Lipinski definition) is 1. The van der Waals surface area contributed by atoms with Crippen LogP contribution in [-0.2, 0) is 4.74 Å². The highest BCUT2D eigenvalue weighted by Gasteiger charge is 2.32. The van der Waals surface area contributed by atoms with Crippen LogP contribution in [0.1, 0.15) is 17.2 Å². The number of H-pyrrole nitrogens is 1. The minimum absolute atomic E-state index is 0.0531. The molecule has 0 radical (unpaired) electrons. The molecule has 0 amide bonds. The van der Waals surface area contributed by atoms with Gasteiger partial charge in [-0.05, 0) is 17.7 Å². The van der Waals surface area contributed by atoms with Crippen LogP contribution in [0.5, 0.6) is 0 Å². The van der Waals surface area contributed by atoms with E-state index in [1.165, 1.54) is 0 Å². The van der Waals surface area contributed by atoms with Gasteiger partial charge in [0.2, 0.25) is 0 Å². The first kappa shape index (κ1) is 11.4. The van der Waals surface area contributed by atoms with Gasteiger partial charge in [-0.25, -0.2) is 0 Å². The number of para-hydroxylation sites is 1. The van der Waals surface area contributed by atoms with Gasteiger partial charge >= 0.3 is 0 Å². The van der Waals surface area contributed by atoms with E-state index >= 15 is 0 Å². The minimum Gasteiger partial charge on any atom is -0.372 e. The van der Waals surface area contributed by atoms with Crippen molar-refractivity contribution in [2.75, 3.05) is 7.11 Å². The molecule has 1 aliphatic rings. The number of rotatable bonds is 1. The average Bonchev–Trinajstić information content (AvgIpc) is 2.82. The summed E-state index contributed by atoms with van der Waals surface area (Å²) in [5.41, 5.74) is 4.62. The predicted octanol–water partition coefficient (Wildman–Crippen LogP) is 3.24. The smallest absolute Gasteiger partial charge is 0.196 e. The fraction of sp³-hybridized carbons (Fsp3) is 0.118. The molecular weight excluding hydrogens is 250 g/mol. The second-order valence-corrected chi connectivity index (χ2v) is 4.99. The molecule has 1 N–H and O–H groups in total. The van der Waals surface area contributed by atoms with Crippen LogP contribution in [-0.4, -0.2) is 12.1 Å². The summed E-state index contributed by atoms with van der Waals surface area (Å²) in [4.78, 5) is 16.1. The monoisotopic (exact) mass is 263 g/mol. The van der Waals surface area contributed by atoms with Crippen molar-refractivity contribution in [1.82, 2.24) is 4.98 Å². The second-order valence-electron chi connectivity index (χ2n) is 4.99. The lowest BCUT2D eigenvalue weighted by atomic mass is 10.1. The van der Waals surface area contributed by atoms with E-state index in [0.29, 0.717) is 10.9 Å². The van der Waals surface area contributed by atoms with Crippen LogP contribution in [0.3, 0.4) is 0 Å². The van der Waals surface area contributed by atoms with Crippen LogP contribution in [0.25, 0.3) is 22.2 Å². The van der Waals surface area contributed by atoms with E-state index in [9.17, 15) is 4.79 Å². The van der Waals surface area contributed by atoms with Crippen molar-refractivity contribution >= 4 is 10.9 Å². The lowest BCUT2D eigenvalue weighted by molar-refractivity contribution is 0.139. The Kier molecular flexibility index (Phi) is 2.32. The van der Waals surface area contributed by atoms with Gasteiger partial charge in [-0.2, -0.15) is 0 Å². The number of fused-ring (bicyclic) bond motifs is 4. The third kappa shape index (κ3) is 1.35. The molecule has 3 heteroatoms. The summed E-state index contributed by atoms with van der Waals surface area (Å²) < 4.78 is 5.57. The molecule has 1 heterocycles. The highest BCUT2D eigenvalue weighted by molar-refractivity contribution is 5.86. The van der Waals surface area contributed by atoms with Crippen LogP contribution < -0.4 is 5.43 Å². The third-order valence-electron chi connectivity index (χ3n) is 3.96. The molecule has 0 saturated heterocycles. The van der Waals surface area contributed by atoms with E-state index in [1.807, 2.05) is 48.5 Å². The number of ether oxygens (including phenoxy) is 1. The molecule has 3 aromatic rings. The summed E-state index contributed by atoms with van der Waals surface area (Å²) in [5.74, 6) is 0. The standard InChI is InChI=1S/C17H13NO2/c1-20-17-11-7-3-2-6-10(11)15-14(17)16(19)12-8-4-5-9-13(12)18-15/h2-9,17H,1H3,(H,18,19). The molecule has 1 atom stereocenters. The normalized spacial score (nSPS) is 16.1. The van der Waals surface area contributed by atoms with Crippen molar-refractivity contribution in [2.45, 2.75) is 6.10 Å². The van der Waals surface area contributed by atoms with Crippen molar-refractivity contribution in [3.05, 3.63) is 69.9 Å². The molecule has 0 saturated carbocycles. The summed E-state index contributed by atoms with van der Waals surface area (Å²) >= 11 is 0. The molecule has 0 fully saturated rings. The maximum atomic E-state index is 12.8. The first-order valence-corrected chi connectivity index (χ1v) is 6.58. The largest absolute Gasteiger partial charge is 0.372 e. The number of aromatic amines is 1. The quantitative estimate of drug-likeness (QED) is 0.732. The van der Waals surface area contributed by atoms with Gasteiger partial charge in [0.05, 0.1) is 11.3 Å². The first-order valence-electron chi connectivity index (χ1n) is 6.58. The Morgan fingerprint density at radius 2 is 1.80 bits per heavy atom. The van der Waals surface area contributed by atoms with Gasteiger partial charge in [0.15, 0.2) is 5.43 Å².